The van der Waals surface area contributed by atoms with Crippen LogP contribution in [0.3, 0.4) is 0 Å². The average molecular weight is 397 g/mol. The molecule has 0 saturated carbocycles. The van der Waals surface area contributed by atoms with Gasteiger partial charge in [-0.2, -0.15) is 0 Å². The molecule has 1 N–H and O–H groups in total. The molecule has 28 heavy (non-hydrogen) atoms. The summed E-state index contributed by atoms with van der Waals surface area (Å²) < 4.78 is 11.1. The van der Waals surface area contributed by atoms with E-state index in [1.165, 1.54) is 0 Å². The van der Waals surface area contributed by atoms with Crippen LogP contribution in [-0.4, -0.2) is 29.1 Å². The largest absolute Gasteiger partial charge is 0.481 e. The summed E-state index contributed by atoms with van der Waals surface area (Å²) in [6.45, 7) is 0.878. The molecule has 0 unspecified atom stereocenters. The molecule has 5 rings (SSSR count). The normalized spacial score (nSPS) is 14.5. The number of oxazole rings is 1. The van der Waals surface area contributed by atoms with Crippen LogP contribution in [0.15, 0.2) is 56.1 Å². The molecule has 0 bridgehead atoms. The minimum absolute atomic E-state index is 0.170. The van der Waals surface area contributed by atoms with Crippen molar-refractivity contribution in [3.8, 4) is 11.5 Å². The summed E-state index contributed by atoms with van der Waals surface area (Å²) in [4.78, 5) is 29.7. The first kappa shape index (κ1) is 16.8. The average Bonchev–Trinajstić information content (AvgIpc) is 3.02. The summed E-state index contributed by atoms with van der Waals surface area (Å²) >= 11 is 5.97. The monoisotopic (exact) mass is 396 g/mol. The van der Waals surface area contributed by atoms with Gasteiger partial charge in [0.25, 0.3) is 0 Å². The minimum atomic E-state index is -0.798. The van der Waals surface area contributed by atoms with Gasteiger partial charge in [0.1, 0.15) is 16.7 Å². The van der Waals surface area contributed by atoms with E-state index < -0.39 is 11.6 Å². The Morgan fingerprint density at radius 3 is 2.71 bits per heavy atom. The van der Waals surface area contributed by atoms with Crippen molar-refractivity contribution in [3.05, 3.63) is 57.9 Å². The Labute approximate surface area is 162 Å². The molecule has 0 radical (unpaired) electrons. The van der Waals surface area contributed by atoms with Crippen LogP contribution in [0.1, 0.15) is 0 Å². The predicted octanol–water partition coefficient (Wildman–Crippen LogP) is 3.78. The number of carboxylic acid groups (broad SMARTS) is 1. The quantitative estimate of drug-likeness (QED) is 0.526. The van der Waals surface area contributed by atoms with E-state index in [1.54, 1.807) is 30.3 Å². The zero-order chi connectivity index (χ0) is 19.4. The van der Waals surface area contributed by atoms with E-state index in [2.05, 4.69) is 4.98 Å². The number of hydrogen-bond donors (Lipinski definition) is 1. The Morgan fingerprint density at radius 2 is 1.93 bits per heavy atom. The molecular weight excluding hydrogens is 384 g/mol. The van der Waals surface area contributed by atoms with Gasteiger partial charge in [-0.1, -0.05) is 11.6 Å². The van der Waals surface area contributed by atoms with Gasteiger partial charge in [-0.15, -0.1) is 0 Å². The fraction of sp³-hybridized carbons (Fsp3) is 0.150. The molecule has 4 aromatic rings. The van der Waals surface area contributed by atoms with Crippen LogP contribution in [0, 0.1) is 5.92 Å². The summed E-state index contributed by atoms with van der Waals surface area (Å²) in [5.74, 6) is -0.991. The molecule has 0 atom stereocenters. The third kappa shape index (κ3) is 2.71. The van der Waals surface area contributed by atoms with Crippen molar-refractivity contribution in [1.29, 1.82) is 0 Å². The van der Waals surface area contributed by atoms with E-state index in [-0.39, 0.29) is 17.4 Å². The highest BCUT2D eigenvalue weighted by molar-refractivity contribution is 6.31. The van der Waals surface area contributed by atoms with Crippen molar-refractivity contribution in [2.24, 2.45) is 5.92 Å². The van der Waals surface area contributed by atoms with Gasteiger partial charge in [-0.3, -0.25) is 4.79 Å². The number of fused-ring (bicyclic) bond motifs is 2. The van der Waals surface area contributed by atoms with Crippen LogP contribution >= 0.6 is 11.6 Å². The minimum Gasteiger partial charge on any atom is -0.481 e. The van der Waals surface area contributed by atoms with E-state index >= 15 is 0 Å². The molecule has 2 aromatic carbocycles. The predicted molar refractivity (Wildman–Crippen MR) is 104 cm³/mol. The lowest BCUT2D eigenvalue weighted by atomic mass is 9.99. The lowest BCUT2D eigenvalue weighted by molar-refractivity contribution is -0.142. The van der Waals surface area contributed by atoms with Crippen LogP contribution in [0.2, 0.25) is 5.02 Å². The summed E-state index contributed by atoms with van der Waals surface area (Å²) in [5.41, 5.74) is 1.99. The number of aliphatic carboxylic acids is 1. The topological polar surface area (TPSA) is 96.8 Å². The number of aromatic nitrogens is 1. The lowest BCUT2D eigenvalue weighted by Gasteiger charge is -2.38. The third-order valence-electron chi connectivity index (χ3n) is 4.90. The second-order valence-corrected chi connectivity index (χ2v) is 7.18. The Bertz CT molecular complexity index is 1300. The number of rotatable bonds is 3. The first-order valence-corrected chi connectivity index (χ1v) is 8.98. The van der Waals surface area contributed by atoms with E-state index in [1.807, 2.05) is 17.0 Å². The Hall–Kier alpha value is -3.32. The van der Waals surface area contributed by atoms with Crippen LogP contribution in [0.5, 0.6) is 0 Å². The summed E-state index contributed by atoms with van der Waals surface area (Å²) in [6, 6.07) is 12.2. The maximum absolute atomic E-state index is 12.5. The van der Waals surface area contributed by atoms with Crippen LogP contribution < -0.4 is 10.5 Å². The number of hydrogen-bond acceptors (Lipinski definition) is 6. The summed E-state index contributed by atoms with van der Waals surface area (Å²) in [6.07, 6.45) is 0. The zero-order valence-electron chi connectivity index (χ0n) is 14.4. The molecule has 1 fully saturated rings. The highest BCUT2D eigenvalue weighted by atomic mass is 35.5. The Kier molecular flexibility index (Phi) is 3.67. The molecule has 1 aliphatic rings. The van der Waals surface area contributed by atoms with Gasteiger partial charge in [-0.05, 0) is 36.4 Å². The van der Waals surface area contributed by atoms with Crippen molar-refractivity contribution in [2.45, 2.75) is 0 Å². The molecule has 7 nitrogen and oxygen atoms in total. The number of halogens is 1. The lowest BCUT2D eigenvalue weighted by Crippen LogP contribution is -2.50. The number of benzene rings is 2. The van der Waals surface area contributed by atoms with Crippen LogP contribution in [0.25, 0.3) is 33.5 Å². The second-order valence-electron chi connectivity index (χ2n) is 6.74. The van der Waals surface area contributed by atoms with Crippen molar-refractivity contribution < 1.29 is 18.7 Å². The van der Waals surface area contributed by atoms with Gasteiger partial charge in [0.2, 0.25) is 5.89 Å². The number of nitrogens with zero attached hydrogens (tertiary/aromatic N) is 2. The van der Waals surface area contributed by atoms with Crippen molar-refractivity contribution in [2.75, 3.05) is 18.0 Å². The Balaban J connectivity index is 1.52. The van der Waals surface area contributed by atoms with Crippen LogP contribution in [0.4, 0.5) is 5.69 Å². The van der Waals surface area contributed by atoms with Gasteiger partial charge >= 0.3 is 11.6 Å². The molecule has 8 heteroatoms. The second kappa shape index (κ2) is 6.10. The van der Waals surface area contributed by atoms with E-state index in [4.69, 9.17) is 25.5 Å². The van der Waals surface area contributed by atoms with Crippen molar-refractivity contribution >= 4 is 45.3 Å². The number of anilines is 1. The van der Waals surface area contributed by atoms with E-state index in [0.717, 1.165) is 5.69 Å². The fourth-order valence-electron chi connectivity index (χ4n) is 3.31. The third-order valence-corrected chi connectivity index (χ3v) is 5.13. The molecule has 0 amide bonds. The van der Waals surface area contributed by atoms with Gasteiger partial charge in [0, 0.05) is 35.3 Å². The molecule has 0 spiro atoms. The number of carboxylic acids is 1. The molecule has 0 aliphatic carbocycles. The Morgan fingerprint density at radius 1 is 1.11 bits per heavy atom. The SMILES string of the molecule is O=C(O)C1CN(c2ccc3cc(-c4nc5cc(Cl)ccc5o4)c(=O)oc3c2)C1. The first-order valence-electron chi connectivity index (χ1n) is 8.60. The number of carbonyl (C=O) groups is 1. The van der Waals surface area contributed by atoms with Gasteiger partial charge < -0.3 is 18.8 Å². The fourth-order valence-corrected chi connectivity index (χ4v) is 3.47. The molecule has 3 heterocycles. The van der Waals surface area contributed by atoms with Gasteiger partial charge in [0.05, 0.1) is 5.92 Å². The van der Waals surface area contributed by atoms with Gasteiger partial charge in [0.15, 0.2) is 5.58 Å². The zero-order valence-corrected chi connectivity index (χ0v) is 15.1. The molecule has 2 aromatic heterocycles. The van der Waals surface area contributed by atoms with Crippen molar-refractivity contribution in [1.82, 2.24) is 4.98 Å². The maximum Gasteiger partial charge on any atom is 0.349 e. The highest BCUT2D eigenvalue weighted by Crippen LogP contribution is 2.30. The van der Waals surface area contributed by atoms with Crippen LogP contribution in [-0.2, 0) is 4.79 Å². The summed E-state index contributed by atoms with van der Waals surface area (Å²) in [7, 11) is 0. The molecule has 1 saturated heterocycles. The van der Waals surface area contributed by atoms with Crippen molar-refractivity contribution in [3.63, 3.8) is 0 Å². The summed E-state index contributed by atoms with van der Waals surface area (Å²) in [5, 5.41) is 10.2. The maximum atomic E-state index is 12.5. The standard InChI is InChI=1S/C20H13ClN2O5/c21-12-2-4-16-15(6-12)22-18(27-16)14-5-10-1-3-13(7-17(10)28-20(14)26)23-8-11(9-23)19(24)25/h1-7,11H,8-9H2,(H,24,25). The smallest absolute Gasteiger partial charge is 0.349 e. The van der Waals surface area contributed by atoms with E-state index in [0.29, 0.717) is 40.2 Å². The first-order chi connectivity index (χ1) is 13.5. The van der Waals surface area contributed by atoms with Gasteiger partial charge in [-0.25, -0.2) is 9.78 Å². The van der Waals surface area contributed by atoms with E-state index in [9.17, 15) is 9.59 Å². The molecule has 1 aliphatic heterocycles. The molecule has 140 valence electrons. The highest BCUT2D eigenvalue weighted by Gasteiger charge is 2.32. The molecular formula is C20H13ClN2O5.